The van der Waals surface area contributed by atoms with Crippen LogP contribution >= 0.6 is 23.1 Å². The Labute approximate surface area is 130 Å². The monoisotopic (exact) mass is 324 g/mol. The van der Waals surface area contributed by atoms with E-state index in [1.807, 2.05) is 0 Å². The van der Waals surface area contributed by atoms with Gasteiger partial charge in [-0.1, -0.05) is 11.6 Å². The zero-order valence-corrected chi connectivity index (χ0v) is 12.7. The quantitative estimate of drug-likeness (QED) is 0.883. The van der Waals surface area contributed by atoms with Gasteiger partial charge in [-0.15, -0.1) is 0 Å². The summed E-state index contributed by atoms with van der Waals surface area (Å²) >= 11 is 7.12. The first kappa shape index (κ1) is 14.4. The van der Waals surface area contributed by atoms with Crippen LogP contribution in [0.1, 0.15) is 12.8 Å². The molecule has 21 heavy (non-hydrogen) atoms. The zero-order valence-electron chi connectivity index (χ0n) is 11.1. The van der Waals surface area contributed by atoms with Crippen molar-refractivity contribution in [2.75, 3.05) is 18.5 Å². The molecule has 0 aromatic carbocycles. The van der Waals surface area contributed by atoms with E-state index in [0.717, 1.165) is 11.5 Å². The molecule has 2 heterocycles. The van der Waals surface area contributed by atoms with Crippen LogP contribution in [0.4, 0.5) is 5.13 Å². The third kappa shape index (κ3) is 3.96. The van der Waals surface area contributed by atoms with Crippen molar-refractivity contribution in [3.63, 3.8) is 0 Å². The molecular formula is C13H13ClN4O2S. The van der Waals surface area contributed by atoms with Crippen molar-refractivity contribution in [3.8, 4) is 11.5 Å². The highest BCUT2D eigenvalue weighted by atomic mass is 35.5. The van der Waals surface area contributed by atoms with Crippen molar-refractivity contribution in [1.82, 2.24) is 14.3 Å². The number of carbonyl (C=O) groups is 1. The molecule has 6 nitrogen and oxygen atoms in total. The van der Waals surface area contributed by atoms with Crippen LogP contribution in [0.2, 0.25) is 5.02 Å². The van der Waals surface area contributed by atoms with Gasteiger partial charge in [0.2, 0.25) is 5.13 Å². The number of hydrogen-bond acceptors (Lipinski definition) is 6. The Morgan fingerprint density at radius 2 is 2.38 bits per heavy atom. The molecule has 0 saturated heterocycles. The summed E-state index contributed by atoms with van der Waals surface area (Å²) in [5.41, 5.74) is 0.501. The lowest BCUT2D eigenvalue weighted by molar-refractivity contribution is -0.120. The van der Waals surface area contributed by atoms with Gasteiger partial charge in [-0.25, -0.2) is 0 Å². The van der Waals surface area contributed by atoms with Gasteiger partial charge in [0.05, 0.1) is 11.6 Å². The molecule has 0 bridgehead atoms. The van der Waals surface area contributed by atoms with Gasteiger partial charge < -0.3 is 4.74 Å². The smallest absolute Gasteiger partial charge is 0.252 e. The highest BCUT2D eigenvalue weighted by Gasteiger charge is 2.21. The number of nitrogens with one attached hydrogen (secondary N) is 1. The maximum absolute atomic E-state index is 11.7. The van der Waals surface area contributed by atoms with Gasteiger partial charge >= 0.3 is 0 Å². The van der Waals surface area contributed by atoms with Crippen LogP contribution in [-0.4, -0.2) is 33.5 Å². The molecule has 8 heteroatoms. The number of amides is 1. The molecule has 0 atom stereocenters. The second kappa shape index (κ2) is 6.46. The zero-order chi connectivity index (χ0) is 14.7. The number of carbonyl (C=O) groups excluding carboxylic acids is 1. The fraction of sp³-hybridized carbons (Fsp3) is 0.385. The van der Waals surface area contributed by atoms with Gasteiger partial charge in [0.15, 0.2) is 5.82 Å². The first-order valence-corrected chi connectivity index (χ1v) is 7.69. The topological polar surface area (TPSA) is 77.0 Å². The predicted molar refractivity (Wildman–Crippen MR) is 80.3 cm³/mol. The molecule has 0 radical (unpaired) electrons. The second-order valence-corrected chi connectivity index (χ2v) is 5.92. The van der Waals surface area contributed by atoms with Crippen LogP contribution in [0.3, 0.4) is 0 Å². The van der Waals surface area contributed by atoms with E-state index in [1.165, 1.54) is 12.8 Å². The standard InChI is InChI=1S/C13H13ClN4O2S/c14-9-2-1-5-15-11(9)12-17-13(21-18-12)16-10(19)7-20-6-8-3-4-8/h1-2,5,8H,3-4,6-7H2,(H,16,17,18,19). The Morgan fingerprint density at radius 3 is 3.14 bits per heavy atom. The molecule has 1 N–H and O–H groups in total. The van der Waals surface area contributed by atoms with E-state index in [4.69, 9.17) is 16.3 Å². The fourth-order valence-electron chi connectivity index (χ4n) is 1.68. The summed E-state index contributed by atoms with van der Waals surface area (Å²) in [7, 11) is 0. The summed E-state index contributed by atoms with van der Waals surface area (Å²) in [6.45, 7) is 0.689. The molecule has 110 valence electrons. The largest absolute Gasteiger partial charge is 0.371 e. The summed E-state index contributed by atoms with van der Waals surface area (Å²) in [5.74, 6) is 0.808. The first-order chi connectivity index (χ1) is 10.2. The van der Waals surface area contributed by atoms with Crippen molar-refractivity contribution < 1.29 is 9.53 Å². The minimum absolute atomic E-state index is 0.0375. The summed E-state index contributed by atoms with van der Waals surface area (Å²) in [6, 6.07) is 3.45. The van der Waals surface area contributed by atoms with Crippen LogP contribution in [0.15, 0.2) is 18.3 Å². The highest BCUT2D eigenvalue weighted by molar-refractivity contribution is 7.10. The van der Waals surface area contributed by atoms with Gasteiger partial charge in [-0.3, -0.25) is 15.1 Å². The summed E-state index contributed by atoms with van der Waals surface area (Å²) in [5, 5.41) is 3.54. The fourth-order valence-corrected chi connectivity index (χ4v) is 2.47. The van der Waals surface area contributed by atoms with Crippen molar-refractivity contribution in [3.05, 3.63) is 23.4 Å². The average Bonchev–Trinajstić information content (AvgIpc) is 3.18. The number of rotatable bonds is 6. The molecule has 2 aromatic rings. The number of halogens is 1. The first-order valence-electron chi connectivity index (χ1n) is 6.54. The normalized spacial score (nSPS) is 14.1. The highest BCUT2D eigenvalue weighted by Crippen LogP contribution is 2.28. The van der Waals surface area contributed by atoms with Crippen LogP contribution in [0.25, 0.3) is 11.5 Å². The molecule has 0 unspecified atom stereocenters. The molecule has 2 aromatic heterocycles. The minimum atomic E-state index is -0.231. The number of anilines is 1. The van der Waals surface area contributed by atoms with Crippen molar-refractivity contribution >= 4 is 34.2 Å². The molecule has 1 saturated carbocycles. The number of ether oxygens (including phenoxy) is 1. The molecule has 1 fully saturated rings. The lowest BCUT2D eigenvalue weighted by Gasteiger charge is -2.02. The average molecular weight is 325 g/mol. The molecule has 1 amide bonds. The summed E-state index contributed by atoms with van der Waals surface area (Å²) < 4.78 is 9.46. The van der Waals surface area contributed by atoms with E-state index >= 15 is 0 Å². The molecule has 1 aliphatic carbocycles. The van der Waals surface area contributed by atoms with E-state index in [9.17, 15) is 4.79 Å². The Bertz CT molecular complexity index is 645. The molecule has 0 aliphatic heterocycles. The van der Waals surface area contributed by atoms with Crippen molar-refractivity contribution in [2.45, 2.75) is 12.8 Å². The Hall–Kier alpha value is -1.57. The maximum atomic E-state index is 11.7. The number of pyridine rings is 1. The lowest BCUT2D eigenvalue weighted by atomic mass is 10.3. The van der Waals surface area contributed by atoms with E-state index < -0.39 is 0 Å². The SMILES string of the molecule is O=C(COCC1CC1)Nc1nc(-c2ncccc2Cl)ns1. The summed E-state index contributed by atoms with van der Waals surface area (Å²) in [6.07, 6.45) is 4.02. The molecule has 0 spiro atoms. The molecule has 3 rings (SSSR count). The predicted octanol–water partition coefficient (Wildman–Crippen LogP) is 2.62. The lowest BCUT2D eigenvalue weighted by Crippen LogP contribution is -2.18. The van der Waals surface area contributed by atoms with Crippen LogP contribution in [0, 0.1) is 5.92 Å². The number of aromatic nitrogens is 3. The Balaban J connectivity index is 1.57. The third-order valence-electron chi connectivity index (χ3n) is 2.93. The summed E-state index contributed by atoms with van der Waals surface area (Å²) in [4.78, 5) is 20.0. The second-order valence-electron chi connectivity index (χ2n) is 4.76. The van der Waals surface area contributed by atoms with Gasteiger partial charge in [0.25, 0.3) is 5.91 Å². The molecule has 1 aliphatic rings. The van der Waals surface area contributed by atoms with Gasteiger partial charge in [0, 0.05) is 17.7 Å². The maximum Gasteiger partial charge on any atom is 0.252 e. The minimum Gasteiger partial charge on any atom is -0.371 e. The van der Waals surface area contributed by atoms with Gasteiger partial charge in [-0.05, 0) is 30.9 Å². The Morgan fingerprint density at radius 1 is 1.52 bits per heavy atom. The molecular weight excluding hydrogens is 312 g/mol. The van der Waals surface area contributed by atoms with E-state index in [1.54, 1.807) is 18.3 Å². The van der Waals surface area contributed by atoms with Crippen molar-refractivity contribution in [1.29, 1.82) is 0 Å². The third-order valence-corrected chi connectivity index (χ3v) is 3.86. The van der Waals surface area contributed by atoms with Crippen LogP contribution in [0.5, 0.6) is 0 Å². The van der Waals surface area contributed by atoms with Crippen LogP contribution < -0.4 is 5.32 Å². The van der Waals surface area contributed by atoms with Gasteiger partial charge in [-0.2, -0.15) is 9.36 Å². The van der Waals surface area contributed by atoms with Crippen LogP contribution in [-0.2, 0) is 9.53 Å². The Kier molecular flexibility index (Phi) is 4.42. The van der Waals surface area contributed by atoms with Gasteiger partial charge in [0.1, 0.15) is 12.3 Å². The number of hydrogen-bond donors (Lipinski definition) is 1. The van der Waals surface area contributed by atoms with E-state index in [0.29, 0.717) is 34.2 Å². The van der Waals surface area contributed by atoms with Crippen molar-refractivity contribution in [2.24, 2.45) is 5.92 Å². The van der Waals surface area contributed by atoms with E-state index in [2.05, 4.69) is 19.7 Å². The van der Waals surface area contributed by atoms with E-state index in [-0.39, 0.29) is 12.5 Å². The number of nitrogens with zero attached hydrogens (tertiary/aromatic N) is 3.